The molecule has 1 aliphatic heterocycles. The standard InChI is InChI=1S/C19H17Cl2N3O2S/c1-4-23-10(2)8-12(11(23)3)9-13-17(25)22-19(27)24(18(13)26)15-7-5-6-14(20)16(15)21/h5-9H,4H2,1-3H3,(H,22,25,27). The van der Waals surface area contributed by atoms with Crippen molar-refractivity contribution in [2.45, 2.75) is 27.3 Å². The van der Waals surface area contributed by atoms with Crippen LogP contribution < -0.4 is 10.2 Å². The van der Waals surface area contributed by atoms with Gasteiger partial charge in [0.2, 0.25) is 0 Å². The number of hydrogen-bond donors (Lipinski definition) is 1. The Morgan fingerprint density at radius 3 is 2.56 bits per heavy atom. The molecule has 0 atom stereocenters. The number of aromatic nitrogens is 1. The molecule has 0 aliphatic carbocycles. The molecule has 0 bridgehead atoms. The summed E-state index contributed by atoms with van der Waals surface area (Å²) in [4.78, 5) is 26.7. The molecular weight excluding hydrogens is 405 g/mol. The van der Waals surface area contributed by atoms with Crippen LogP contribution in [0.2, 0.25) is 10.0 Å². The Balaban J connectivity index is 2.09. The van der Waals surface area contributed by atoms with Crippen LogP contribution in [-0.4, -0.2) is 21.5 Å². The number of nitrogens with one attached hydrogen (secondary N) is 1. The third kappa shape index (κ3) is 3.40. The maximum absolute atomic E-state index is 13.1. The van der Waals surface area contributed by atoms with Crippen LogP contribution in [0.25, 0.3) is 6.08 Å². The Labute approximate surface area is 172 Å². The SMILES string of the molecule is CCn1c(C)cc(C=C2C(=O)NC(=S)N(c3cccc(Cl)c3Cl)C2=O)c1C. The molecule has 1 saturated heterocycles. The molecule has 3 rings (SSSR count). The van der Waals surface area contributed by atoms with E-state index < -0.39 is 11.8 Å². The highest BCUT2D eigenvalue weighted by Gasteiger charge is 2.35. The van der Waals surface area contributed by atoms with E-state index in [1.165, 1.54) is 4.90 Å². The van der Waals surface area contributed by atoms with Crippen molar-refractivity contribution < 1.29 is 9.59 Å². The van der Waals surface area contributed by atoms with Crippen molar-refractivity contribution in [1.82, 2.24) is 9.88 Å². The van der Waals surface area contributed by atoms with Crippen molar-refractivity contribution in [3.63, 3.8) is 0 Å². The molecule has 140 valence electrons. The van der Waals surface area contributed by atoms with Crippen LogP contribution in [0.3, 0.4) is 0 Å². The Kier molecular flexibility index (Phi) is 5.42. The van der Waals surface area contributed by atoms with Gasteiger partial charge in [-0.2, -0.15) is 0 Å². The summed E-state index contributed by atoms with van der Waals surface area (Å²) in [5.41, 5.74) is 3.14. The van der Waals surface area contributed by atoms with Gasteiger partial charge in [-0.25, -0.2) is 0 Å². The highest BCUT2D eigenvalue weighted by molar-refractivity contribution is 7.80. The van der Waals surface area contributed by atoms with Crippen molar-refractivity contribution >= 4 is 64.1 Å². The summed E-state index contributed by atoms with van der Waals surface area (Å²) in [6, 6.07) is 6.83. The van der Waals surface area contributed by atoms with Gasteiger partial charge in [-0.05, 0) is 62.8 Å². The second-order valence-corrected chi connectivity index (χ2v) is 7.27. The topological polar surface area (TPSA) is 54.3 Å². The molecule has 1 aliphatic rings. The zero-order chi connectivity index (χ0) is 19.9. The first-order valence-corrected chi connectivity index (χ1v) is 9.44. The molecule has 27 heavy (non-hydrogen) atoms. The van der Waals surface area contributed by atoms with Gasteiger partial charge in [-0.15, -0.1) is 0 Å². The number of rotatable bonds is 3. The van der Waals surface area contributed by atoms with E-state index in [1.807, 2.05) is 26.8 Å². The minimum absolute atomic E-state index is 0.0176. The summed E-state index contributed by atoms with van der Waals surface area (Å²) in [5.74, 6) is -1.09. The van der Waals surface area contributed by atoms with E-state index in [9.17, 15) is 9.59 Å². The zero-order valence-electron chi connectivity index (χ0n) is 15.0. The summed E-state index contributed by atoms with van der Waals surface area (Å²) >= 11 is 17.5. The lowest BCUT2D eigenvalue weighted by molar-refractivity contribution is -0.122. The van der Waals surface area contributed by atoms with E-state index >= 15 is 0 Å². The highest BCUT2D eigenvalue weighted by Crippen LogP contribution is 2.34. The van der Waals surface area contributed by atoms with Gasteiger partial charge < -0.3 is 4.57 Å². The van der Waals surface area contributed by atoms with Crippen molar-refractivity contribution in [1.29, 1.82) is 0 Å². The van der Waals surface area contributed by atoms with Gasteiger partial charge in [0.1, 0.15) is 5.57 Å². The Bertz CT molecular complexity index is 1010. The van der Waals surface area contributed by atoms with E-state index in [0.717, 1.165) is 23.5 Å². The van der Waals surface area contributed by atoms with Gasteiger partial charge in [-0.3, -0.25) is 19.8 Å². The number of benzene rings is 1. The molecule has 1 N–H and O–H groups in total. The summed E-state index contributed by atoms with van der Waals surface area (Å²) in [6.07, 6.45) is 1.58. The molecule has 0 radical (unpaired) electrons. The third-order valence-electron chi connectivity index (χ3n) is 4.50. The largest absolute Gasteiger partial charge is 0.349 e. The molecule has 1 aromatic carbocycles. The number of carbonyl (C=O) groups excluding carboxylic acids is 2. The van der Waals surface area contributed by atoms with Crippen molar-refractivity contribution in [3.05, 3.63) is 56.8 Å². The molecule has 2 aromatic rings. The smallest absolute Gasteiger partial charge is 0.270 e. The second-order valence-electron chi connectivity index (χ2n) is 6.10. The number of nitrogens with zero attached hydrogens (tertiary/aromatic N) is 2. The predicted octanol–water partition coefficient (Wildman–Crippen LogP) is 4.26. The fourth-order valence-electron chi connectivity index (χ4n) is 3.16. The lowest BCUT2D eigenvalue weighted by atomic mass is 10.1. The van der Waals surface area contributed by atoms with Gasteiger partial charge in [0, 0.05) is 17.9 Å². The van der Waals surface area contributed by atoms with E-state index in [-0.39, 0.29) is 15.7 Å². The fraction of sp³-hybridized carbons (Fsp3) is 0.211. The van der Waals surface area contributed by atoms with Crippen LogP contribution in [-0.2, 0) is 16.1 Å². The van der Waals surface area contributed by atoms with Crippen LogP contribution in [0.1, 0.15) is 23.9 Å². The molecule has 2 heterocycles. The first kappa shape index (κ1) is 19.6. The first-order chi connectivity index (χ1) is 12.8. The third-order valence-corrected chi connectivity index (χ3v) is 5.60. The van der Waals surface area contributed by atoms with Crippen LogP contribution in [0.5, 0.6) is 0 Å². The van der Waals surface area contributed by atoms with E-state index in [0.29, 0.717) is 10.7 Å². The molecule has 0 saturated carbocycles. The molecule has 0 spiro atoms. The summed E-state index contributed by atoms with van der Waals surface area (Å²) in [7, 11) is 0. The van der Waals surface area contributed by atoms with Gasteiger partial charge in [-0.1, -0.05) is 29.3 Å². The lowest BCUT2D eigenvalue weighted by Crippen LogP contribution is -2.54. The Morgan fingerprint density at radius 2 is 1.93 bits per heavy atom. The lowest BCUT2D eigenvalue weighted by Gasteiger charge is -2.29. The number of aryl methyl sites for hydroxylation is 1. The number of amides is 2. The Hall–Kier alpha value is -2.15. The zero-order valence-corrected chi connectivity index (χ0v) is 17.3. The van der Waals surface area contributed by atoms with Crippen molar-refractivity contribution in [3.8, 4) is 0 Å². The number of halogens is 2. The van der Waals surface area contributed by atoms with Gasteiger partial charge in [0.05, 0.1) is 15.7 Å². The van der Waals surface area contributed by atoms with E-state index in [1.54, 1.807) is 24.3 Å². The highest BCUT2D eigenvalue weighted by atomic mass is 35.5. The Morgan fingerprint density at radius 1 is 1.22 bits per heavy atom. The number of hydrogen-bond acceptors (Lipinski definition) is 3. The number of thiocarbonyl (C=S) groups is 1. The second kappa shape index (κ2) is 7.46. The number of anilines is 1. The van der Waals surface area contributed by atoms with Crippen molar-refractivity contribution in [2.75, 3.05) is 4.90 Å². The predicted molar refractivity (Wildman–Crippen MR) is 112 cm³/mol. The summed E-state index contributed by atoms with van der Waals surface area (Å²) in [5, 5.41) is 2.99. The monoisotopic (exact) mass is 421 g/mol. The fourth-order valence-corrected chi connectivity index (χ4v) is 3.81. The molecule has 5 nitrogen and oxygen atoms in total. The molecule has 1 aromatic heterocycles. The normalized spacial score (nSPS) is 16.3. The van der Waals surface area contributed by atoms with Crippen LogP contribution in [0.15, 0.2) is 29.8 Å². The summed E-state index contributed by atoms with van der Waals surface area (Å²) in [6.45, 7) is 6.77. The van der Waals surface area contributed by atoms with E-state index in [4.69, 9.17) is 35.4 Å². The van der Waals surface area contributed by atoms with E-state index in [2.05, 4.69) is 9.88 Å². The maximum atomic E-state index is 13.1. The van der Waals surface area contributed by atoms with Crippen molar-refractivity contribution in [2.24, 2.45) is 0 Å². The minimum atomic E-state index is -0.547. The molecule has 2 amide bonds. The van der Waals surface area contributed by atoms with Gasteiger partial charge in [0.25, 0.3) is 11.8 Å². The average Bonchev–Trinajstić information content (AvgIpc) is 2.88. The van der Waals surface area contributed by atoms with Crippen LogP contribution >= 0.6 is 35.4 Å². The van der Waals surface area contributed by atoms with Gasteiger partial charge >= 0.3 is 0 Å². The molecule has 1 fully saturated rings. The molecular formula is C19H17Cl2N3O2S. The average molecular weight is 422 g/mol. The molecule has 0 unspecified atom stereocenters. The first-order valence-electron chi connectivity index (χ1n) is 8.28. The molecule has 8 heteroatoms. The van der Waals surface area contributed by atoms with Crippen LogP contribution in [0.4, 0.5) is 5.69 Å². The van der Waals surface area contributed by atoms with Gasteiger partial charge in [0.15, 0.2) is 5.11 Å². The minimum Gasteiger partial charge on any atom is -0.349 e. The maximum Gasteiger partial charge on any atom is 0.270 e. The quantitative estimate of drug-likeness (QED) is 0.457. The number of carbonyl (C=O) groups is 2. The summed E-state index contributed by atoms with van der Waals surface area (Å²) < 4.78 is 2.11. The van der Waals surface area contributed by atoms with Crippen LogP contribution in [0, 0.1) is 13.8 Å².